The van der Waals surface area contributed by atoms with Gasteiger partial charge >= 0.3 is 0 Å². The predicted octanol–water partition coefficient (Wildman–Crippen LogP) is 3.87. The Labute approximate surface area is 153 Å². The van der Waals surface area contributed by atoms with E-state index in [1.165, 1.54) is 24.8 Å². The van der Waals surface area contributed by atoms with Gasteiger partial charge in [-0.2, -0.15) is 0 Å². The standard InChI is InChI=1S/C21H35N3O/c1-3-22-21(24-17-14-20(15-18-24)25-4-2)23-16-10-6-9-13-19-11-7-5-8-12-19/h5,7-8,11-12,20H,3-4,6,9-10,13-18H2,1-2H3,(H,22,23). The summed E-state index contributed by atoms with van der Waals surface area (Å²) in [6, 6.07) is 10.8. The highest BCUT2D eigenvalue weighted by Gasteiger charge is 2.21. The number of unbranched alkanes of at least 4 members (excludes halogenated alkanes) is 2. The second-order valence-electron chi connectivity index (χ2n) is 6.67. The number of piperidine rings is 1. The molecule has 1 saturated heterocycles. The molecule has 0 spiro atoms. The molecule has 0 aromatic heterocycles. The summed E-state index contributed by atoms with van der Waals surface area (Å²) in [7, 11) is 0. The zero-order valence-electron chi connectivity index (χ0n) is 16.0. The fraction of sp³-hybridized carbons (Fsp3) is 0.667. The maximum absolute atomic E-state index is 5.75. The number of hydrogen-bond donors (Lipinski definition) is 1. The van der Waals surface area contributed by atoms with E-state index in [0.29, 0.717) is 6.10 Å². The second-order valence-corrected chi connectivity index (χ2v) is 6.67. The average molecular weight is 346 g/mol. The van der Waals surface area contributed by atoms with Crippen LogP contribution in [-0.2, 0) is 11.2 Å². The Morgan fingerprint density at radius 2 is 1.88 bits per heavy atom. The molecule has 2 rings (SSSR count). The largest absolute Gasteiger partial charge is 0.378 e. The van der Waals surface area contributed by atoms with Crippen LogP contribution >= 0.6 is 0 Å². The second kappa shape index (κ2) is 11.9. The van der Waals surface area contributed by atoms with Crippen LogP contribution in [0.5, 0.6) is 0 Å². The number of rotatable bonds is 9. The molecule has 140 valence electrons. The molecule has 0 aliphatic carbocycles. The van der Waals surface area contributed by atoms with E-state index >= 15 is 0 Å². The van der Waals surface area contributed by atoms with Crippen LogP contribution in [0, 0.1) is 0 Å². The van der Waals surface area contributed by atoms with Crippen molar-refractivity contribution in [2.45, 2.75) is 58.5 Å². The van der Waals surface area contributed by atoms with Crippen LogP contribution in [0.15, 0.2) is 35.3 Å². The maximum Gasteiger partial charge on any atom is 0.193 e. The number of hydrogen-bond acceptors (Lipinski definition) is 2. The maximum atomic E-state index is 5.75. The Morgan fingerprint density at radius 3 is 2.56 bits per heavy atom. The number of aliphatic imine (C=N–C) groups is 1. The molecule has 1 fully saturated rings. The van der Waals surface area contributed by atoms with Crippen molar-refractivity contribution >= 4 is 5.96 Å². The smallest absolute Gasteiger partial charge is 0.193 e. The van der Waals surface area contributed by atoms with E-state index in [0.717, 1.165) is 58.0 Å². The first-order valence-electron chi connectivity index (χ1n) is 10.0. The summed E-state index contributed by atoms with van der Waals surface area (Å²) in [6.07, 6.45) is 7.47. The minimum absolute atomic E-state index is 0.433. The van der Waals surface area contributed by atoms with Gasteiger partial charge in [0.1, 0.15) is 0 Å². The lowest BCUT2D eigenvalue weighted by Crippen LogP contribution is -2.47. The normalized spacial score (nSPS) is 16.2. The molecule has 0 atom stereocenters. The molecule has 0 radical (unpaired) electrons. The molecule has 0 bridgehead atoms. The molecule has 1 aliphatic rings. The molecular weight excluding hydrogens is 310 g/mol. The summed E-state index contributed by atoms with van der Waals surface area (Å²) in [4.78, 5) is 7.24. The van der Waals surface area contributed by atoms with Crippen molar-refractivity contribution in [2.75, 3.05) is 32.8 Å². The van der Waals surface area contributed by atoms with Crippen molar-refractivity contribution in [3.05, 3.63) is 35.9 Å². The lowest BCUT2D eigenvalue weighted by molar-refractivity contribution is 0.0264. The molecule has 1 heterocycles. The molecule has 1 N–H and O–H groups in total. The van der Waals surface area contributed by atoms with E-state index in [2.05, 4.69) is 54.4 Å². The van der Waals surface area contributed by atoms with Gasteiger partial charge in [0.2, 0.25) is 0 Å². The fourth-order valence-electron chi connectivity index (χ4n) is 3.34. The molecule has 1 aliphatic heterocycles. The average Bonchev–Trinajstić information content (AvgIpc) is 2.65. The number of benzene rings is 1. The SMILES string of the molecule is CCNC(=NCCCCCc1ccccc1)N1CCC(OCC)CC1. The molecule has 0 unspecified atom stereocenters. The number of nitrogens with zero attached hydrogens (tertiary/aromatic N) is 2. The van der Waals surface area contributed by atoms with Gasteiger partial charge in [-0.3, -0.25) is 4.99 Å². The van der Waals surface area contributed by atoms with Gasteiger partial charge in [0.15, 0.2) is 5.96 Å². The summed E-state index contributed by atoms with van der Waals surface area (Å²) < 4.78 is 5.75. The summed E-state index contributed by atoms with van der Waals surface area (Å²) in [5, 5.41) is 3.45. The summed E-state index contributed by atoms with van der Waals surface area (Å²) in [5.74, 6) is 1.08. The Morgan fingerprint density at radius 1 is 1.12 bits per heavy atom. The highest BCUT2D eigenvalue weighted by Crippen LogP contribution is 2.14. The molecule has 0 amide bonds. The van der Waals surface area contributed by atoms with E-state index in [-0.39, 0.29) is 0 Å². The first-order valence-corrected chi connectivity index (χ1v) is 10.0. The van der Waals surface area contributed by atoms with Gasteiger partial charge < -0.3 is 15.0 Å². The molecule has 4 heteroatoms. The first-order chi connectivity index (χ1) is 12.3. The van der Waals surface area contributed by atoms with Crippen molar-refractivity contribution in [1.29, 1.82) is 0 Å². The van der Waals surface area contributed by atoms with Crippen molar-refractivity contribution in [1.82, 2.24) is 10.2 Å². The lowest BCUT2D eigenvalue weighted by Gasteiger charge is -2.34. The van der Waals surface area contributed by atoms with E-state index in [9.17, 15) is 0 Å². The summed E-state index contributed by atoms with van der Waals surface area (Å²) in [6.45, 7) is 8.98. The zero-order chi connectivity index (χ0) is 17.7. The van der Waals surface area contributed by atoms with Crippen molar-refractivity contribution < 1.29 is 4.74 Å². The molecule has 1 aromatic rings. The number of likely N-dealkylation sites (tertiary alicyclic amines) is 1. The molecule has 0 saturated carbocycles. The zero-order valence-corrected chi connectivity index (χ0v) is 16.0. The van der Waals surface area contributed by atoms with E-state index < -0.39 is 0 Å². The highest BCUT2D eigenvalue weighted by atomic mass is 16.5. The van der Waals surface area contributed by atoms with Crippen LogP contribution in [0.1, 0.15) is 51.5 Å². The highest BCUT2D eigenvalue weighted by molar-refractivity contribution is 5.80. The van der Waals surface area contributed by atoms with Crippen LogP contribution in [-0.4, -0.2) is 49.7 Å². The third-order valence-electron chi connectivity index (χ3n) is 4.71. The summed E-state index contributed by atoms with van der Waals surface area (Å²) in [5.41, 5.74) is 1.44. The molecule has 1 aromatic carbocycles. The third kappa shape index (κ3) is 7.47. The van der Waals surface area contributed by atoms with Crippen LogP contribution in [0.2, 0.25) is 0 Å². The number of nitrogens with one attached hydrogen (secondary N) is 1. The Bertz CT molecular complexity index is 481. The van der Waals surface area contributed by atoms with Crippen molar-refractivity contribution in [3.8, 4) is 0 Å². The topological polar surface area (TPSA) is 36.9 Å². The van der Waals surface area contributed by atoms with Gasteiger partial charge in [-0.05, 0) is 51.5 Å². The number of ether oxygens (including phenoxy) is 1. The molecule has 25 heavy (non-hydrogen) atoms. The molecular formula is C21H35N3O. The number of guanidine groups is 1. The van der Waals surface area contributed by atoms with Crippen LogP contribution in [0.3, 0.4) is 0 Å². The minimum atomic E-state index is 0.433. The Balaban J connectivity index is 1.67. The Kier molecular flexibility index (Phi) is 9.42. The third-order valence-corrected chi connectivity index (χ3v) is 4.71. The van der Waals surface area contributed by atoms with Crippen molar-refractivity contribution in [2.24, 2.45) is 4.99 Å². The monoisotopic (exact) mass is 345 g/mol. The quantitative estimate of drug-likeness (QED) is 0.419. The van der Waals surface area contributed by atoms with Gasteiger partial charge in [0.25, 0.3) is 0 Å². The van der Waals surface area contributed by atoms with Crippen molar-refractivity contribution in [3.63, 3.8) is 0 Å². The Hall–Kier alpha value is -1.55. The van der Waals surface area contributed by atoms with Crippen LogP contribution in [0.25, 0.3) is 0 Å². The van der Waals surface area contributed by atoms with E-state index in [1.54, 1.807) is 0 Å². The van der Waals surface area contributed by atoms with E-state index in [4.69, 9.17) is 9.73 Å². The fourth-order valence-corrected chi connectivity index (χ4v) is 3.34. The lowest BCUT2D eigenvalue weighted by atomic mass is 10.1. The first kappa shape index (κ1) is 19.8. The van der Waals surface area contributed by atoms with Gasteiger partial charge in [-0.1, -0.05) is 36.8 Å². The van der Waals surface area contributed by atoms with Crippen LogP contribution in [0.4, 0.5) is 0 Å². The summed E-state index contributed by atoms with van der Waals surface area (Å²) >= 11 is 0. The predicted molar refractivity (Wildman–Crippen MR) is 106 cm³/mol. The van der Waals surface area contributed by atoms with Gasteiger partial charge in [0.05, 0.1) is 6.10 Å². The van der Waals surface area contributed by atoms with Gasteiger partial charge in [-0.25, -0.2) is 0 Å². The van der Waals surface area contributed by atoms with Gasteiger partial charge in [-0.15, -0.1) is 0 Å². The van der Waals surface area contributed by atoms with E-state index in [1.807, 2.05) is 0 Å². The molecule has 4 nitrogen and oxygen atoms in total. The number of aryl methyl sites for hydroxylation is 1. The van der Waals surface area contributed by atoms with Gasteiger partial charge in [0, 0.05) is 32.8 Å². The van der Waals surface area contributed by atoms with Crippen LogP contribution < -0.4 is 5.32 Å². The minimum Gasteiger partial charge on any atom is -0.378 e.